The van der Waals surface area contributed by atoms with E-state index in [-0.39, 0.29) is 11.2 Å². The van der Waals surface area contributed by atoms with Crippen LogP contribution in [0.4, 0.5) is 17.3 Å². The van der Waals surface area contributed by atoms with Gasteiger partial charge in [0.05, 0.1) is 23.4 Å². The molecule has 0 spiro atoms. The first-order chi connectivity index (χ1) is 17.7. The lowest BCUT2D eigenvalue weighted by atomic mass is 9.96. The van der Waals surface area contributed by atoms with Gasteiger partial charge in [-0.1, -0.05) is 42.5 Å². The van der Waals surface area contributed by atoms with Crippen molar-refractivity contribution in [2.45, 2.75) is 74.8 Å². The van der Waals surface area contributed by atoms with E-state index in [1.54, 1.807) is 0 Å². The van der Waals surface area contributed by atoms with E-state index >= 15 is 0 Å². The zero-order valence-corrected chi connectivity index (χ0v) is 20.5. The highest BCUT2D eigenvalue weighted by Crippen LogP contribution is 2.53. The van der Waals surface area contributed by atoms with Gasteiger partial charge in [0.2, 0.25) is 5.88 Å². The summed E-state index contributed by atoms with van der Waals surface area (Å²) in [6, 6.07) is 28.3. The minimum Gasteiger partial charge on any atom is -0.440 e. The normalized spacial score (nSPS) is 29.8. The molecule has 0 N–H and O–H groups in total. The van der Waals surface area contributed by atoms with Gasteiger partial charge in [-0.25, -0.2) is 0 Å². The second-order valence-electron chi connectivity index (χ2n) is 11.3. The van der Waals surface area contributed by atoms with Crippen LogP contribution in [0.2, 0.25) is 0 Å². The molecule has 4 aliphatic rings. The number of epoxide rings is 2. The monoisotopic (exact) mass is 477 g/mol. The molecule has 3 aromatic carbocycles. The molecule has 2 saturated heterocycles. The van der Waals surface area contributed by atoms with Crippen molar-refractivity contribution in [3.63, 3.8) is 0 Å². The van der Waals surface area contributed by atoms with Crippen LogP contribution in [-0.4, -0.2) is 23.4 Å². The van der Waals surface area contributed by atoms with Gasteiger partial charge < -0.3 is 13.9 Å². The topological polar surface area (TPSA) is 41.4 Å². The SMILES string of the molecule is c1ccc2oc(N(c3ccc(CC45CCCC4O5)cc3)c3ccc(CC45CCCC4O5)cc3)cc2c1. The van der Waals surface area contributed by atoms with Gasteiger partial charge in [0, 0.05) is 35.7 Å². The van der Waals surface area contributed by atoms with Crippen LogP contribution < -0.4 is 4.90 Å². The molecule has 0 radical (unpaired) electrons. The summed E-state index contributed by atoms with van der Waals surface area (Å²) in [6.07, 6.45) is 10.5. The van der Waals surface area contributed by atoms with Crippen molar-refractivity contribution in [3.8, 4) is 0 Å². The van der Waals surface area contributed by atoms with Crippen LogP contribution in [0.15, 0.2) is 83.3 Å². The Hall–Kier alpha value is -3.08. The Bertz CT molecular complexity index is 1320. The van der Waals surface area contributed by atoms with Crippen molar-refractivity contribution in [1.29, 1.82) is 0 Å². The predicted molar refractivity (Wildman–Crippen MR) is 141 cm³/mol. The maximum Gasteiger partial charge on any atom is 0.205 e. The molecular formula is C32H31NO3. The lowest BCUT2D eigenvalue weighted by molar-refractivity contribution is 0.250. The fraction of sp³-hybridized carbons (Fsp3) is 0.375. The molecule has 36 heavy (non-hydrogen) atoms. The number of hydrogen-bond acceptors (Lipinski definition) is 4. The van der Waals surface area contributed by atoms with Crippen molar-refractivity contribution < 1.29 is 13.9 Å². The number of fused-ring (bicyclic) bond motifs is 3. The summed E-state index contributed by atoms with van der Waals surface area (Å²) in [5.41, 5.74) is 6.04. The zero-order valence-electron chi connectivity index (χ0n) is 20.5. The Kier molecular flexibility index (Phi) is 4.51. The molecule has 2 aliphatic heterocycles. The molecule has 4 fully saturated rings. The van der Waals surface area contributed by atoms with Gasteiger partial charge in [0.15, 0.2) is 0 Å². The maximum atomic E-state index is 6.35. The van der Waals surface area contributed by atoms with Crippen molar-refractivity contribution in [1.82, 2.24) is 0 Å². The highest BCUT2D eigenvalue weighted by molar-refractivity contribution is 5.85. The summed E-state index contributed by atoms with van der Waals surface area (Å²) in [5.74, 6) is 0.830. The molecule has 8 rings (SSSR count). The van der Waals surface area contributed by atoms with Gasteiger partial charge >= 0.3 is 0 Å². The number of hydrogen-bond donors (Lipinski definition) is 0. The molecule has 0 bridgehead atoms. The van der Waals surface area contributed by atoms with Crippen molar-refractivity contribution >= 4 is 28.2 Å². The fourth-order valence-electron chi connectivity index (χ4n) is 6.94. The van der Waals surface area contributed by atoms with E-state index in [2.05, 4.69) is 71.6 Å². The van der Waals surface area contributed by atoms with Gasteiger partial charge in [0.25, 0.3) is 0 Å². The molecule has 4 nitrogen and oxygen atoms in total. The van der Waals surface area contributed by atoms with E-state index in [9.17, 15) is 0 Å². The largest absolute Gasteiger partial charge is 0.440 e. The minimum atomic E-state index is 0.124. The lowest BCUT2D eigenvalue weighted by Gasteiger charge is -2.23. The summed E-state index contributed by atoms with van der Waals surface area (Å²) in [6.45, 7) is 0. The number of rotatable bonds is 7. The second kappa shape index (κ2) is 7.71. The first-order valence-electron chi connectivity index (χ1n) is 13.5. The Labute approximate surface area is 211 Å². The number of furan rings is 1. The van der Waals surface area contributed by atoms with E-state index in [1.165, 1.54) is 49.7 Å². The highest BCUT2D eigenvalue weighted by atomic mass is 16.6. The third-order valence-electron chi connectivity index (χ3n) is 8.97. The van der Waals surface area contributed by atoms with Crippen molar-refractivity contribution in [2.75, 3.05) is 4.90 Å². The van der Waals surface area contributed by atoms with Gasteiger partial charge in [-0.3, -0.25) is 4.90 Å². The maximum absolute atomic E-state index is 6.35. The number of nitrogens with zero attached hydrogens (tertiary/aromatic N) is 1. The zero-order chi connectivity index (χ0) is 23.7. The summed E-state index contributed by atoms with van der Waals surface area (Å²) in [4.78, 5) is 2.22. The highest BCUT2D eigenvalue weighted by Gasteiger charge is 2.59. The van der Waals surface area contributed by atoms with Gasteiger partial charge in [-0.15, -0.1) is 0 Å². The Morgan fingerprint density at radius 3 is 1.72 bits per heavy atom. The number of benzene rings is 3. The first-order valence-corrected chi connectivity index (χ1v) is 13.5. The Morgan fingerprint density at radius 2 is 1.25 bits per heavy atom. The van der Waals surface area contributed by atoms with Crippen LogP contribution in [0.1, 0.15) is 49.7 Å². The van der Waals surface area contributed by atoms with Crippen molar-refractivity contribution in [3.05, 3.63) is 90.0 Å². The van der Waals surface area contributed by atoms with Gasteiger partial charge in [0.1, 0.15) is 5.58 Å². The summed E-state index contributed by atoms with van der Waals surface area (Å²) in [7, 11) is 0. The molecule has 1 aromatic heterocycles. The first kappa shape index (κ1) is 21.0. The third kappa shape index (κ3) is 3.42. The number of para-hydroxylation sites is 1. The van der Waals surface area contributed by atoms with Gasteiger partial charge in [-0.05, 0) is 80.0 Å². The third-order valence-corrected chi connectivity index (χ3v) is 8.97. The minimum absolute atomic E-state index is 0.124. The lowest BCUT2D eigenvalue weighted by Crippen LogP contribution is -2.14. The molecule has 2 aliphatic carbocycles. The standard InChI is InChI=1S/C32H31NO3/c1-2-6-27-24(5-1)19-30(34-27)33(25-13-9-22(10-14-25)20-31-17-3-7-28(31)35-31)26-15-11-23(12-16-26)21-32-18-4-8-29(32)36-32/h1-2,5-6,9-16,19,28-29H,3-4,7-8,17-18,20-21H2. The van der Waals surface area contributed by atoms with Crippen LogP contribution in [0.5, 0.6) is 0 Å². The van der Waals surface area contributed by atoms with E-state index in [1.807, 2.05) is 12.1 Å². The number of anilines is 3. The molecule has 3 heterocycles. The smallest absolute Gasteiger partial charge is 0.205 e. The Morgan fingerprint density at radius 1 is 0.694 bits per heavy atom. The molecule has 182 valence electrons. The van der Waals surface area contributed by atoms with E-state index < -0.39 is 0 Å². The van der Waals surface area contributed by atoms with Crippen LogP contribution >= 0.6 is 0 Å². The quantitative estimate of drug-likeness (QED) is 0.257. The fourth-order valence-corrected chi connectivity index (χ4v) is 6.94. The molecular weight excluding hydrogens is 446 g/mol. The summed E-state index contributed by atoms with van der Waals surface area (Å²) in [5, 5.41) is 1.11. The van der Waals surface area contributed by atoms with Crippen LogP contribution in [0.3, 0.4) is 0 Å². The molecule has 4 atom stereocenters. The average Bonchev–Trinajstić information content (AvgIpc) is 3.51. The van der Waals surface area contributed by atoms with Crippen LogP contribution in [0, 0.1) is 0 Å². The molecule has 2 saturated carbocycles. The predicted octanol–water partition coefficient (Wildman–Crippen LogP) is 7.63. The van der Waals surface area contributed by atoms with Crippen molar-refractivity contribution in [2.24, 2.45) is 0 Å². The average molecular weight is 478 g/mol. The summed E-state index contributed by atoms with van der Waals surface area (Å²) < 4.78 is 18.4. The Balaban J connectivity index is 1.11. The van der Waals surface area contributed by atoms with Crippen LogP contribution in [0.25, 0.3) is 11.0 Å². The second-order valence-corrected chi connectivity index (χ2v) is 11.3. The molecule has 4 heteroatoms. The molecule has 0 amide bonds. The number of ether oxygens (including phenoxy) is 2. The van der Waals surface area contributed by atoms with Gasteiger partial charge in [-0.2, -0.15) is 0 Å². The summed E-state index contributed by atoms with van der Waals surface area (Å²) >= 11 is 0. The van der Waals surface area contributed by atoms with E-state index in [0.29, 0.717) is 12.2 Å². The molecule has 4 unspecified atom stereocenters. The van der Waals surface area contributed by atoms with E-state index in [4.69, 9.17) is 13.9 Å². The van der Waals surface area contributed by atoms with E-state index in [0.717, 1.165) is 41.1 Å². The molecule has 4 aromatic rings. The van der Waals surface area contributed by atoms with Crippen LogP contribution in [-0.2, 0) is 22.3 Å².